The molecular formula is C16H17N5O. The van der Waals surface area contributed by atoms with Gasteiger partial charge in [-0.25, -0.2) is 4.98 Å². The zero-order valence-corrected chi connectivity index (χ0v) is 12.3. The van der Waals surface area contributed by atoms with Gasteiger partial charge in [0.1, 0.15) is 12.1 Å². The molecule has 3 aromatic rings. The molecule has 112 valence electrons. The molecule has 0 spiro atoms. The maximum Gasteiger partial charge on any atom is 0.254 e. The molecule has 0 unspecified atom stereocenters. The van der Waals surface area contributed by atoms with Crippen molar-refractivity contribution in [1.29, 1.82) is 0 Å². The number of aryl methyl sites for hydroxylation is 1. The lowest BCUT2D eigenvalue weighted by atomic mass is 10.1. The van der Waals surface area contributed by atoms with E-state index in [1.165, 1.54) is 11.9 Å². The monoisotopic (exact) mass is 295 g/mol. The number of nitrogens with one attached hydrogen (secondary N) is 1. The minimum atomic E-state index is -0.450. The van der Waals surface area contributed by atoms with Gasteiger partial charge in [-0.2, -0.15) is 14.6 Å². The fourth-order valence-electron chi connectivity index (χ4n) is 3.05. The van der Waals surface area contributed by atoms with E-state index < -0.39 is 6.10 Å². The van der Waals surface area contributed by atoms with E-state index in [2.05, 4.69) is 39.4 Å². The van der Waals surface area contributed by atoms with Crippen molar-refractivity contribution in [1.82, 2.24) is 19.6 Å². The number of hydrogen-bond donors (Lipinski definition) is 2. The highest BCUT2D eigenvalue weighted by Crippen LogP contribution is 2.34. The van der Waals surface area contributed by atoms with Gasteiger partial charge in [0.15, 0.2) is 0 Å². The average molecular weight is 295 g/mol. The van der Waals surface area contributed by atoms with Crippen LogP contribution in [0.25, 0.3) is 5.78 Å². The molecule has 0 aliphatic heterocycles. The number of benzene rings is 1. The normalized spacial score (nSPS) is 20.3. The maximum absolute atomic E-state index is 10.4. The van der Waals surface area contributed by atoms with Crippen molar-refractivity contribution < 1.29 is 5.11 Å². The topological polar surface area (TPSA) is 75.3 Å². The zero-order chi connectivity index (χ0) is 15.1. The molecule has 0 radical (unpaired) electrons. The minimum Gasteiger partial charge on any atom is -0.390 e. The molecule has 1 aliphatic carbocycles. The zero-order valence-electron chi connectivity index (χ0n) is 12.3. The van der Waals surface area contributed by atoms with E-state index in [4.69, 9.17) is 0 Å². The highest BCUT2D eigenvalue weighted by molar-refractivity contribution is 5.49. The van der Waals surface area contributed by atoms with Gasteiger partial charge in [-0.1, -0.05) is 31.2 Å². The van der Waals surface area contributed by atoms with Gasteiger partial charge in [0.05, 0.1) is 12.1 Å². The summed E-state index contributed by atoms with van der Waals surface area (Å²) in [6, 6.07) is 9.95. The lowest BCUT2D eigenvalue weighted by molar-refractivity contribution is 0.165. The molecule has 2 aromatic heterocycles. The number of fused-ring (bicyclic) bond motifs is 2. The summed E-state index contributed by atoms with van der Waals surface area (Å²) in [6.45, 7) is 2.05. The molecule has 2 N–H and O–H groups in total. The Bertz CT molecular complexity index is 828. The Balaban J connectivity index is 1.76. The Labute approximate surface area is 127 Å². The second-order valence-corrected chi connectivity index (χ2v) is 5.55. The molecule has 0 saturated heterocycles. The second kappa shape index (κ2) is 5.06. The van der Waals surface area contributed by atoms with Crippen molar-refractivity contribution >= 4 is 11.6 Å². The average Bonchev–Trinajstić information content (AvgIpc) is 3.12. The van der Waals surface area contributed by atoms with Crippen molar-refractivity contribution in [2.24, 2.45) is 0 Å². The Morgan fingerprint density at radius 3 is 3.09 bits per heavy atom. The molecule has 1 aliphatic rings. The molecular weight excluding hydrogens is 278 g/mol. The predicted octanol–water partition coefficient (Wildman–Crippen LogP) is 1.76. The molecule has 22 heavy (non-hydrogen) atoms. The highest BCUT2D eigenvalue weighted by atomic mass is 16.3. The molecule has 6 nitrogen and oxygen atoms in total. The van der Waals surface area contributed by atoms with Gasteiger partial charge in [0, 0.05) is 18.2 Å². The Morgan fingerprint density at radius 1 is 1.36 bits per heavy atom. The Kier molecular flexibility index (Phi) is 3.04. The molecule has 0 bridgehead atoms. The fraction of sp³-hybridized carbons (Fsp3) is 0.312. The summed E-state index contributed by atoms with van der Waals surface area (Å²) < 4.78 is 1.67. The summed E-state index contributed by atoms with van der Waals surface area (Å²) in [5.41, 5.74) is 3.27. The van der Waals surface area contributed by atoms with Crippen molar-refractivity contribution in [2.45, 2.75) is 31.9 Å². The predicted molar refractivity (Wildman–Crippen MR) is 82.7 cm³/mol. The largest absolute Gasteiger partial charge is 0.390 e. The van der Waals surface area contributed by atoms with E-state index in [0.717, 1.165) is 23.5 Å². The van der Waals surface area contributed by atoms with Crippen LogP contribution in [0.1, 0.15) is 29.8 Å². The Morgan fingerprint density at radius 2 is 2.23 bits per heavy atom. The number of aliphatic hydroxyl groups is 1. The number of aliphatic hydroxyl groups excluding tert-OH is 1. The van der Waals surface area contributed by atoms with Crippen molar-refractivity contribution in [3.05, 3.63) is 53.5 Å². The van der Waals surface area contributed by atoms with Gasteiger partial charge in [0.2, 0.25) is 0 Å². The molecule has 0 saturated carbocycles. The SMILES string of the molecule is CCc1cc(N[C@@H]2c3ccccc3C[C@@H]2O)n2ncnc2n1. The fourth-order valence-corrected chi connectivity index (χ4v) is 3.05. The van der Waals surface area contributed by atoms with Crippen LogP contribution in [-0.2, 0) is 12.8 Å². The smallest absolute Gasteiger partial charge is 0.254 e. The van der Waals surface area contributed by atoms with Crippen LogP contribution in [0.4, 0.5) is 5.82 Å². The minimum absolute atomic E-state index is 0.143. The van der Waals surface area contributed by atoms with Crippen LogP contribution in [0, 0.1) is 0 Å². The van der Waals surface area contributed by atoms with Gasteiger partial charge >= 0.3 is 0 Å². The maximum atomic E-state index is 10.4. The van der Waals surface area contributed by atoms with Crippen molar-refractivity contribution in [2.75, 3.05) is 5.32 Å². The molecule has 2 atom stereocenters. The van der Waals surface area contributed by atoms with Gasteiger partial charge < -0.3 is 10.4 Å². The summed E-state index contributed by atoms with van der Waals surface area (Å²) in [7, 11) is 0. The van der Waals surface area contributed by atoms with E-state index in [9.17, 15) is 5.11 Å². The first-order valence-corrected chi connectivity index (χ1v) is 7.48. The number of aromatic nitrogens is 4. The van der Waals surface area contributed by atoms with Crippen LogP contribution in [0.2, 0.25) is 0 Å². The summed E-state index contributed by atoms with van der Waals surface area (Å²) in [5, 5.41) is 18.0. The molecule has 1 aromatic carbocycles. The highest BCUT2D eigenvalue weighted by Gasteiger charge is 2.31. The van der Waals surface area contributed by atoms with Crippen LogP contribution in [-0.4, -0.2) is 30.8 Å². The third-order valence-electron chi connectivity index (χ3n) is 4.17. The molecule has 0 amide bonds. The summed E-state index contributed by atoms with van der Waals surface area (Å²) in [5.74, 6) is 1.38. The van der Waals surface area contributed by atoms with E-state index >= 15 is 0 Å². The van der Waals surface area contributed by atoms with Gasteiger partial charge in [-0.3, -0.25) is 0 Å². The van der Waals surface area contributed by atoms with Crippen LogP contribution >= 0.6 is 0 Å². The number of hydrogen-bond acceptors (Lipinski definition) is 5. The lowest BCUT2D eigenvalue weighted by Gasteiger charge is -2.20. The Hall–Kier alpha value is -2.47. The molecule has 2 heterocycles. The summed E-state index contributed by atoms with van der Waals surface area (Å²) in [6.07, 6.45) is 2.53. The van der Waals surface area contributed by atoms with Crippen LogP contribution in [0.15, 0.2) is 36.7 Å². The van der Waals surface area contributed by atoms with E-state index in [1.54, 1.807) is 4.52 Å². The van der Waals surface area contributed by atoms with E-state index in [0.29, 0.717) is 12.2 Å². The molecule has 4 rings (SSSR count). The first kappa shape index (κ1) is 13.2. The first-order chi connectivity index (χ1) is 10.8. The number of rotatable bonds is 3. The first-order valence-electron chi connectivity index (χ1n) is 7.48. The van der Waals surface area contributed by atoms with Crippen LogP contribution < -0.4 is 5.32 Å². The third-order valence-corrected chi connectivity index (χ3v) is 4.17. The quantitative estimate of drug-likeness (QED) is 0.770. The van der Waals surface area contributed by atoms with Gasteiger partial charge in [-0.15, -0.1) is 0 Å². The standard InChI is InChI=1S/C16H17N5O/c1-2-11-8-14(21-16(19-11)17-9-18-21)20-15-12-6-4-3-5-10(12)7-13(15)22/h3-6,8-9,13,15,20,22H,2,7H2,1H3/t13-,15+/m0/s1. The van der Waals surface area contributed by atoms with Gasteiger partial charge in [0.25, 0.3) is 5.78 Å². The second-order valence-electron chi connectivity index (χ2n) is 5.55. The van der Waals surface area contributed by atoms with Crippen molar-refractivity contribution in [3.63, 3.8) is 0 Å². The van der Waals surface area contributed by atoms with Gasteiger partial charge in [-0.05, 0) is 17.5 Å². The lowest BCUT2D eigenvalue weighted by Crippen LogP contribution is -2.22. The van der Waals surface area contributed by atoms with Crippen molar-refractivity contribution in [3.8, 4) is 0 Å². The van der Waals surface area contributed by atoms with E-state index in [-0.39, 0.29) is 6.04 Å². The summed E-state index contributed by atoms with van der Waals surface area (Å²) in [4.78, 5) is 8.60. The third kappa shape index (κ3) is 2.03. The van der Waals surface area contributed by atoms with Crippen LogP contribution in [0.5, 0.6) is 0 Å². The van der Waals surface area contributed by atoms with E-state index in [1.807, 2.05) is 18.2 Å². The number of anilines is 1. The van der Waals surface area contributed by atoms with Crippen LogP contribution in [0.3, 0.4) is 0 Å². The number of nitrogens with zero attached hydrogens (tertiary/aromatic N) is 4. The molecule has 6 heteroatoms. The summed E-state index contributed by atoms with van der Waals surface area (Å²) >= 11 is 0. The molecule has 0 fully saturated rings.